The summed E-state index contributed by atoms with van der Waals surface area (Å²) in [6.45, 7) is 20.9. The highest BCUT2D eigenvalue weighted by atomic mass is 16.7. The standard InChI is InChI=1S/C42H72O16/c1-19-17-41(12,49)37(47)24(6)35(54-28(10)44)23(5)34(21(3)26(8)43)57-39(48)25(7)36(22(4)33(19)58-40-32(46)30(50-14)16-20(2)52-40)56-31-18-42(13,51-15)38(27(9)53-31)55-29(11)45/h19-27,30-36,38,40,43,46,49H,16-18H2,1-15H3/t19-,20+,21-,22+,23?,24+,25+,26-,27-,30-,31-,32+,33-,34+,35-,36-,38+,40-,41-,42+/m0/s1. The van der Waals surface area contributed by atoms with Gasteiger partial charge in [0.2, 0.25) is 0 Å². The molecule has 16 heteroatoms. The Hall–Kier alpha value is -2.28. The first kappa shape index (κ1) is 50.1. The number of Topliss-reactive ketones (excluding diaryl/α,β-unsaturated/α-hetero) is 1. The van der Waals surface area contributed by atoms with Crippen LogP contribution < -0.4 is 0 Å². The molecule has 336 valence electrons. The lowest BCUT2D eigenvalue weighted by Gasteiger charge is -2.48. The van der Waals surface area contributed by atoms with Gasteiger partial charge < -0.3 is 58.0 Å². The van der Waals surface area contributed by atoms with Crippen molar-refractivity contribution in [2.45, 2.75) is 194 Å². The quantitative estimate of drug-likeness (QED) is 0.212. The molecule has 20 atom stereocenters. The number of esters is 3. The molecule has 3 aliphatic heterocycles. The van der Waals surface area contributed by atoms with Crippen molar-refractivity contribution in [3.05, 3.63) is 0 Å². The van der Waals surface area contributed by atoms with Crippen LogP contribution in [0, 0.1) is 35.5 Å². The Morgan fingerprint density at radius 3 is 1.97 bits per heavy atom. The van der Waals surface area contributed by atoms with Crippen molar-refractivity contribution in [1.29, 1.82) is 0 Å². The van der Waals surface area contributed by atoms with Crippen molar-refractivity contribution in [3.63, 3.8) is 0 Å². The van der Waals surface area contributed by atoms with Crippen molar-refractivity contribution in [2.75, 3.05) is 14.2 Å². The Morgan fingerprint density at radius 2 is 1.43 bits per heavy atom. The highest BCUT2D eigenvalue weighted by Crippen LogP contribution is 2.41. The molecule has 0 aromatic heterocycles. The first-order chi connectivity index (χ1) is 26.8. The minimum atomic E-state index is -1.99. The Bertz CT molecular complexity index is 1390. The molecule has 3 aliphatic rings. The van der Waals surface area contributed by atoms with Crippen LogP contribution in [-0.2, 0) is 61.8 Å². The van der Waals surface area contributed by atoms with E-state index in [0.29, 0.717) is 6.42 Å². The third-order valence-corrected chi connectivity index (χ3v) is 12.7. The van der Waals surface area contributed by atoms with Crippen LogP contribution in [0.15, 0.2) is 0 Å². The van der Waals surface area contributed by atoms with Gasteiger partial charge in [0, 0.05) is 58.7 Å². The van der Waals surface area contributed by atoms with Gasteiger partial charge in [0.15, 0.2) is 24.5 Å². The zero-order valence-corrected chi connectivity index (χ0v) is 37.2. The van der Waals surface area contributed by atoms with Crippen LogP contribution in [-0.4, -0.2) is 138 Å². The van der Waals surface area contributed by atoms with Gasteiger partial charge in [0.1, 0.15) is 29.5 Å². The van der Waals surface area contributed by atoms with Crippen LogP contribution in [0.3, 0.4) is 0 Å². The normalized spacial score (nSPS) is 44.7. The summed E-state index contributed by atoms with van der Waals surface area (Å²) in [6.07, 6.45) is -10.8. The van der Waals surface area contributed by atoms with E-state index in [2.05, 4.69) is 0 Å². The summed E-state index contributed by atoms with van der Waals surface area (Å²) in [6, 6.07) is 0. The minimum absolute atomic E-state index is 0.0826. The number of carbonyl (C=O) groups is 4. The molecule has 3 fully saturated rings. The van der Waals surface area contributed by atoms with Crippen LogP contribution in [0.4, 0.5) is 0 Å². The lowest BCUT2D eigenvalue weighted by Crippen LogP contribution is -2.59. The Labute approximate surface area is 344 Å². The first-order valence-electron chi connectivity index (χ1n) is 20.7. The maximum atomic E-state index is 14.6. The molecule has 0 bridgehead atoms. The van der Waals surface area contributed by atoms with Gasteiger partial charge in [-0.2, -0.15) is 0 Å². The van der Waals surface area contributed by atoms with Gasteiger partial charge in [-0.15, -0.1) is 0 Å². The van der Waals surface area contributed by atoms with Gasteiger partial charge in [-0.05, 0) is 53.9 Å². The van der Waals surface area contributed by atoms with Gasteiger partial charge >= 0.3 is 17.9 Å². The molecule has 3 N–H and O–H groups in total. The zero-order chi connectivity index (χ0) is 44.2. The second-order valence-corrected chi connectivity index (χ2v) is 17.7. The number of aliphatic hydroxyl groups excluding tert-OH is 2. The average molecular weight is 833 g/mol. The van der Waals surface area contributed by atoms with E-state index in [1.54, 1.807) is 62.3 Å². The number of ketones is 1. The molecule has 16 nitrogen and oxygen atoms in total. The summed E-state index contributed by atoms with van der Waals surface area (Å²) in [5.74, 6) is -7.59. The fourth-order valence-electron chi connectivity index (χ4n) is 9.20. The van der Waals surface area contributed by atoms with Gasteiger partial charge in [-0.25, -0.2) is 0 Å². The SMILES string of the molecule is CO[C@H]1C[C@@H](C)O[C@@H](O[C@@H]2[C@@H](C)[C@H](O[C@H]3C[C@@](C)(OC)[C@H](OC(C)=O)[C@H](C)O3)[C@@H](C)C(=O)O[C@H]([C@@H](C)[C@H](C)O)C(C)[C@H](OC(C)=O)[C@@H](C)C(=O)[C@@](C)(O)C[C@@H]2C)[C@@H]1O. The molecule has 58 heavy (non-hydrogen) atoms. The van der Waals surface area contributed by atoms with Gasteiger partial charge in [-0.1, -0.05) is 34.6 Å². The van der Waals surface area contributed by atoms with Gasteiger partial charge in [0.25, 0.3) is 0 Å². The van der Waals surface area contributed by atoms with Crippen molar-refractivity contribution >= 4 is 23.7 Å². The molecule has 0 aromatic rings. The number of hydrogen-bond acceptors (Lipinski definition) is 16. The molecular weight excluding hydrogens is 760 g/mol. The summed E-state index contributed by atoms with van der Waals surface area (Å²) in [4.78, 5) is 53.5. The number of carbonyl (C=O) groups excluding carboxylic acids is 4. The number of rotatable bonds is 10. The van der Waals surface area contributed by atoms with Crippen molar-refractivity contribution in [3.8, 4) is 0 Å². The zero-order valence-electron chi connectivity index (χ0n) is 37.2. The van der Waals surface area contributed by atoms with Gasteiger partial charge in [-0.3, -0.25) is 19.2 Å². The van der Waals surface area contributed by atoms with E-state index in [1.807, 2.05) is 6.92 Å². The molecule has 0 aliphatic carbocycles. The van der Waals surface area contributed by atoms with Gasteiger partial charge in [0.05, 0.1) is 48.5 Å². The van der Waals surface area contributed by atoms with E-state index >= 15 is 0 Å². The summed E-state index contributed by atoms with van der Waals surface area (Å²) < 4.78 is 55.0. The molecule has 0 radical (unpaired) electrons. The molecule has 0 saturated carbocycles. The third-order valence-electron chi connectivity index (χ3n) is 12.7. The summed E-state index contributed by atoms with van der Waals surface area (Å²) >= 11 is 0. The second kappa shape index (κ2) is 20.5. The van der Waals surface area contributed by atoms with E-state index in [1.165, 1.54) is 35.0 Å². The number of methoxy groups -OCH3 is 2. The van der Waals surface area contributed by atoms with Crippen LogP contribution in [0.25, 0.3) is 0 Å². The van der Waals surface area contributed by atoms with E-state index in [-0.39, 0.29) is 18.9 Å². The number of cyclic esters (lactones) is 1. The van der Waals surface area contributed by atoms with Crippen LogP contribution in [0.1, 0.15) is 109 Å². The molecule has 0 amide bonds. The first-order valence-corrected chi connectivity index (χ1v) is 20.7. The number of aliphatic hydroxyl groups is 3. The highest BCUT2D eigenvalue weighted by molar-refractivity contribution is 5.89. The Kier molecular flexibility index (Phi) is 17.7. The van der Waals surface area contributed by atoms with Crippen molar-refractivity contribution < 1.29 is 77.1 Å². The van der Waals surface area contributed by atoms with Crippen molar-refractivity contribution in [1.82, 2.24) is 0 Å². The fraction of sp³-hybridized carbons (Fsp3) is 0.905. The maximum absolute atomic E-state index is 14.6. The number of ether oxygens (including phenoxy) is 9. The Morgan fingerprint density at radius 1 is 0.828 bits per heavy atom. The average Bonchev–Trinajstić information content (AvgIpc) is 3.13. The van der Waals surface area contributed by atoms with E-state index in [0.717, 1.165) is 0 Å². The van der Waals surface area contributed by atoms with Crippen LogP contribution >= 0.6 is 0 Å². The van der Waals surface area contributed by atoms with E-state index < -0.39 is 138 Å². The lowest BCUT2D eigenvalue weighted by atomic mass is 9.74. The van der Waals surface area contributed by atoms with E-state index in [4.69, 9.17) is 42.6 Å². The maximum Gasteiger partial charge on any atom is 0.311 e. The lowest BCUT2D eigenvalue weighted by molar-refractivity contribution is -0.313. The predicted molar refractivity (Wildman–Crippen MR) is 208 cm³/mol. The molecule has 3 heterocycles. The second-order valence-electron chi connectivity index (χ2n) is 17.7. The van der Waals surface area contributed by atoms with Crippen LogP contribution in [0.5, 0.6) is 0 Å². The molecule has 0 aromatic carbocycles. The Balaban J connectivity index is 2.24. The summed E-state index contributed by atoms with van der Waals surface area (Å²) in [5.41, 5.74) is -3.06. The molecule has 3 rings (SSSR count). The molecule has 0 spiro atoms. The van der Waals surface area contributed by atoms with E-state index in [9.17, 15) is 34.5 Å². The minimum Gasteiger partial charge on any atom is -0.461 e. The molecular formula is C42H72O16. The number of hydrogen-bond donors (Lipinski definition) is 3. The smallest absolute Gasteiger partial charge is 0.311 e. The molecule has 3 saturated heterocycles. The summed E-state index contributed by atoms with van der Waals surface area (Å²) in [5, 5.41) is 34.2. The monoisotopic (exact) mass is 832 g/mol. The topological polar surface area (TPSA) is 212 Å². The third kappa shape index (κ3) is 11.8. The largest absolute Gasteiger partial charge is 0.461 e. The molecule has 1 unspecified atom stereocenters. The predicted octanol–water partition coefficient (Wildman–Crippen LogP) is 3.50. The highest BCUT2D eigenvalue weighted by Gasteiger charge is 2.53. The van der Waals surface area contributed by atoms with Crippen LogP contribution in [0.2, 0.25) is 0 Å². The summed E-state index contributed by atoms with van der Waals surface area (Å²) in [7, 11) is 2.98. The fourth-order valence-corrected chi connectivity index (χ4v) is 9.20. The van der Waals surface area contributed by atoms with Crippen molar-refractivity contribution in [2.24, 2.45) is 35.5 Å².